The molecule has 1 saturated carbocycles. The van der Waals surface area contributed by atoms with Crippen LogP contribution in [-0.4, -0.2) is 39.8 Å². The van der Waals surface area contributed by atoms with Crippen molar-refractivity contribution in [3.05, 3.63) is 0 Å². The number of likely N-dealkylation sites (N-methyl/N-ethyl adjacent to an activating group) is 1. The van der Waals surface area contributed by atoms with Gasteiger partial charge >= 0.3 is 12.1 Å². The van der Waals surface area contributed by atoms with E-state index in [4.69, 9.17) is 10.2 Å². The minimum absolute atomic E-state index is 0.422. The molecule has 1 rings (SSSR count). The second-order valence-corrected chi connectivity index (χ2v) is 2.68. The number of rotatable bonds is 2. The lowest BCUT2D eigenvalue weighted by Crippen LogP contribution is -2.43. The Balaban J connectivity index is 2.73. The van der Waals surface area contributed by atoms with Gasteiger partial charge in [-0.1, -0.05) is 0 Å². The van der Waals surface area contributed by atoms with Crippen molar-refractivity contribution >= 4 is 12.1 Å². The van der Waals surface area contributed by atoms with Crippen molar-refractivity contribution in [1.82, 2.24) is 4.90 Å². The maximum absolute atomic E-state index is 10.5. The Kier molecular flexibility index (Phi) is 1.51. The van der Waals surface area contributed by atoms with E-state index in [0.29, 0.717) is 12.8 Å². The van der Waals surface area contributed by atoms with E-state index in [-0.39, 0.29) is 0 Å². The summed E-state index contributed by atoms with van der Waals surface area (Å²) in [7, 11) is 1.28. The first-order chi connectivity index (χ1) is 5.00. The molecule has 0 unspecified atom stereocenters. The molecule has 0 atom stereocenters. The second-order valence-electron chi connectivity index (χ2n) is 2.68. The van der Waals surface area contributed by atoms with Crippen LogP contribution >= 0.6 is 0 Å². The summed E-state index contributed by atoms with van der Waals surface area (Å²) >= 11 is 0. The van der Waals surface area contributed by atoms with Crippen LogP contribution in [0.15, 0.2) is 0 Å². The maximum atomic E-state index is 10.5. The van der Waals surface area contributed by atoms with Gasteiger partial charge in [0.2, 0.25) is 0 Å². The van der Waals surface area contributed by atoms with Crippen LogP contribution in [0.25, 0.3) is 0 Å². The van der Waals surface area contributed by atoms with E-state index < -0.39 is 17.6 Å². The van der Waals surface area contributed by atoms with Crippen molar-refractivity contribution in [2.24, 2.45) is 0 Å². The first kappa shape index (κ1) is 7.84. The van der Waals surface area contributed by atoms with Crippen molar-refractivity contribution < 1.29 is 19.8 Å². The zero-order valence-corrected chi connectivity index (χ0v) is 6.07. The Labute approximate surface area is 63.2 Å². The molecule has 62 valence electrons. The lowest BCUT2D eigenvalue weighted by molar-refractivity contribution is -0.143. The summed E-state index contributed by atoms with van der Waals surface area (Å²) in [6.45, 7) is 0. The second kappa shape index (κ2) is 2.11. The van der Waals surface area contributed by atoms with Gasteiger partial charge in [0.05, 0.1) is 0 Å². The Bertz CT molecular complexity index is 209. The Morgan fingerprint density at radius 2 is 1.82 bits per heavy atom. The molecule has 0 radical (unpaired) electrons. The van der Waals surface area contributed by atoms with Crippen molar-refractivity contribution in [2.75, 3.05) is 7.05 Å². The summed E-state index contributed by atoms with van der Waals surface area (Å²) in [5.41, 5.74) is -1.12. The number of carbonyl (C=O) groups is 2. The van der Waals surface area contributed by atoms with Gasteiger partial charge in [0.15, 0.2) is 0 Å². The number of carboxylic acids is 1. The fourth-order valence-electron chi connectivity index (χ4n) is 0.994. The molecule has 5 nitrogen and oxygen atoms in total. The standard InChI is InChI=1S/C6H9NO4/c1-7(5(10)11)6(2-3-6)4(8)9/h2-3H2,1H3,(H,8,9)(H,10,11). The summed E-state index contributed by atoms with van der Waals surface area (Å²) in [5.74, 6) is -1.05. The average molecular weight is 159 g/mol. The molecule has 0 aromatic rings. The fraction of sp³-hybridized carbons (Fsp3) is 0.667. The number of amides is 1. The molecule has 1 aliphatic rings. The first-order valence-electron chi connectivity index (χ1n) is 3.21. The van der Waals surface area contributed by atoms with Gasteiger partial charge in [-0.25, -0.2) is 9.59 Å². The topological polar surface area (TPSA) is 77.8 Å². The molecule has 1 fully saturated rings. The molecule has 0 spiro atoms. The fourth-order valence-corrected chi connectivity index (χ4v) is 0.994. The van der Waals surface area contributed by atoms with E-state index in [1.807, 2.05) is 0 Å². The molecule has 0 aliphatic heterocycles. The molecule has 0 aromatic carbocycles. The van der Waals surface area contributed by atoms with Crippen LogP contribution in [0.3, 0.4) is 0 Å². The largest absolute Gasteiger partial charge is 0.479 e. The van der Waals surface area contributed by atoms with Crippen molar-refractivity contribution in [3.8, 4) is 0 Å². The SMILES string of the molecule is CN(C(=O)O)C1(C(=O)O)CC1. The summed E-state index contributed by atoms with van der Waals surface area (Å²) < 4.78 is 0. The van der Waals surface area contributed by atoms with Gasteiger partial charge < -0.3 is 10.2 Å². The molecule has 1 aliphatic carbocycles. The van der Waals surface area contributed by atoms with Crippen molar-refractivity contribution in [2.45, 2.75) is 18.4 Å². The van der Waals surface area contributed by atoms with Crippen LogP contribution in [0.1, 0.15) is 12.8 Å². The van der Waals surface area contributed by atoms with E-state index >= 15 is 0 Å². The van der Waals surface area contributed by atoms with Crippen LogP contribution in [0, 0.1) is 0 Å². The molecular formula is C6H9NO4. The molecule has 0 heterocycles. The number of carboxylic acid groups (broad SMARTS) is 2. The predicted molar refractivity (Wildman–Crippen MR) is 35.4 cm³/mol. The summed E-state index contributed by atoms with van der Waals surface area (Å²) in [4.78, 5) is 21.7. The van der Waals surface area contributed by atoms with Crippen LogP contribution in [0.4, 0.5) is 4.79 Å². The number of nitrogens with zero attached hydrogens (tertiary/aromatic N) is 1. The van der Waals surface area contributed by atoms with Crippen molar-refractivity contribution in [3.63, 3.8) is 0 Å². The van der Waals surface area contributed by atoms with E-state index in [9.17, 15) is 9.59 Å². The van der Waals surface area contributed by atoms with Gasteiger partial charge in [0, 0.05) is 7.05 Å². The molecule has 2 N–H and O–H groups in total. The summed E-state index contributed by atoms with van der Waals surface area (Å²) in [6, 6.07) is 0. The average Bonchev–Trinajstić information content (AvgIpc) is 2.65. The monoisotopic (exact) mass is 159 g/mol. The molecule has 11 heavy (non-hydrogen) atoms. The van der Waals surface area contributed by atoms with Gasteiger partial charge in [-0.05, 0) is 12.8 Å². The minimum Gasteiger partial charge on any atom is -0.479 e. The first-order valence-corrected chi connectivity index (χ1v) is 3.21. The number of hydrogen-bond donors (Lipinski definition) is 2. The molecule has 1 amide bonds. The Morgan fingerprint density at radius 3 is 1.91 bits per heavy atom. The zero-order chi connectivity index (χ0) is 8.65. The maximum Gasteiger partial charge on any atom is 0.407 e. The van der Waals surface area contributed by atoms with Crippen LogP contribution in [0.5, 0.6) is 0 Å². The van der Waals surface area contributed by atoms with E-state index in [1.54, 1.807) is 0 Å². The normalized spacial score (nSPS) is 19.0. The summed E-state index contributed by atoms with van der Waals surface area (Å²) in [6.07, 6.45) is -0.346. The minimum atomic E-state index is -1.19. The number of aliphatic carboxylic acids is 1. The van der Waals surface area contributed by atoms with E-state index in [1.165, 1.54) is 7.05 Å². The molecule has 5 heteroatoms. The van der Waals surface area contributed by atoms with E-state index in [2.05, 4.69) is 0 Å². The third-order valence-electron chi connectivity index (χ3n) is 2.05. The van der Waals surface area contributed by atoms with Gasteiger partial charge in [-0.15, -0.1) is 0 Å². The predicted octanol–water partition coefficient (Wildman–Crippen LogP) is 0.213. The lowest BCUT2D eigenvalue weighted by Gasteiger charge is -2.20. The van der Waals surface area contributed by atoms with Crippen LogP contribution in [-0.2, 0) is 4.79 Å². The van der Waals surface area contributed by atoms with Gasteiger partial charge in [-0.2, -0.15) is 0 Å². The van der Waals surface area contributed by atoms with Gasteiger partial charge in [-0.3, -0.25) is 4.90 Å². The van der Waals surface area contributed by atoms with Crippen LogP contribution in [0.2, 0.25) is 0 Å². The Morgan fingerprint density at radius 1 is 1.36 bits per heavy atom. The van der Waals surface area contributed by atoms with Crippen LogP contribution < -0.4 is 0 Å². The van der Waals surface area contributed by atoms with Gasteiger partial charge in [0.1, 0.15) is 5.54 Å². The van der Waals surface area contributed by atoms with Crippen molar-refractivity contribution in [1.29, 1.82) is 0 Å². The highest BCUT2D eigenvalue weighted by Crippen LogP contribution is 2.40. The zero-order valence-electron chi connectivity index (χ0n) is 6.07. The smallest absolute Gasteiger partial charge is 0.407 e. The molecule has 0 saturated heterocycles. The summed E-state index contributed by atoms with van der Waals surface area (Å²) in [5, 5.41) is 17.1. The third kappa shape index (κ3) is 1.02. The molecule has 0 bridgehead atoms. The van der Waals surface area contributed by atoms with Gasteiger partial charge in [0.25, 0.3) is 0 Å². The molecular weight excluding hydrogens is 150 g/mol. The highest BCUT2D eigenvalue weighted by Gasteiger charge is 2.55. The Hall–Kier alpha value is -1.26. The number of hydrogen-bond acceptors (Lipinski definition) is 2. The quantitative estimate of drug-likeness (QED) is 0.603. The van der Waals surface area contributed by atoms with E-state index in [0.717, 1.165) is 4.90 Å². The lowest BCUT2D eigenvalue weighted by atomic mass is 10.2. The highest BCUT2D eigenvalue weighted by atomic mass is 16.4. The highest BCUT2D eigenvalue weighted by molar-refractivity contribution is 5.86. The molecule has 0 aromatic heterocycles. The third-order valence-corrected chi connectivity index (χ3v) is 2.05.